The molecule has 0 aromatic carbocycles. The van der Waals surface area contributed by atoms with Gasteiger partial charge in [0, 0.05) is 0 Å². The summed E-state index contributed by atoms with van der Waals surface area (Å²) < 4.78 is 0. The van der Waals surface area contributed by atoms with E-state index in [1.165, 1.54) is 77.0 Å². The van der Waals surface area contributed by atoms with E-state index in [0.29, 0.717) is 0 Å². The fourth-order valence-electron chi connectivity index (χ4n) is 2.59. The lowest BCUT2D eigenvalue weighted by Crippen LogP contribution is -2.36. The molecule has 2 unspecified atom stereocenters. The van der Waals surface area contributed by atoms with Crippen LogP contribution in [-0.4, -0.2) is 29.0 Å². The van der Waals surface area contributed by atoms with Crippen LogP contribution >= 0.6 is 0 Å². The molecule has 4 N–H and O–H groups in total. The number of rotatable bonds is 16. The van der Waals surface area contributed by atoms with Gasteiger partial charge in [-0.2, -0.15) is 0 Å². The van der Waals surface area contributed by atoms with Gasteiger partial charge in [0.25, 0.3) is 0 Å². The highest BCUT2D eigenvalue weighted by molar-refractivity contribution is 4.93. The quantitative estimate of drug-likeness (QED) is 0.294. The van der Waals surface area contributed by atoms with Crippen molar-refractivity contribution in [3.63, 3.8) is 0 Å². The van der Waals surface area contributed by atoms with Crippen molar-refractivity contribution < 1.29 is 10.2 Å². The van der Waals surface area contributed by atoms with Gasteiger partial charge in [-0.25, -0.2) is 0 Å². The molecular weight excluding hydrogens is 274 g/mol. The van der Waals surface area contributed by atoms with Crippen LogP contribution in [0.25, 0.3) is 0 Å². The molecule has 0 aliphatic heterocycles. The van der Waals surface area contributed by atoms with Crippen LogP contribution in [0, 0.1) is 0 Å². The van der Waals surface area contributed by atoms with Crippen molar-refractivity contribution in [1.82, 2.24) is 0 Å². The van der Waals surface area contributed by atoms with Gasteiger partial charge in [-0.05, 0) is 12.8 Å². The molecule has 0 bridgehead atoms. The van der Waals surface area contributed by atoms with Crippen molar-refractivity contribution in [2.75, 3.05) is 6.61 Å². The minimum Gasteiger partial charge on any atom is -0.395 e. The van der Waals surface area contributed by atoms with Crippen LogP contribution in [0.2, 0.25) is 0 Å². The van der Waals surface area contributed by atoms with Gasteiger partial charge in [0.15, 0.2) is 0 Å². The van der Waals surface area contributed by atoms with Crippen LogP contribution in [0.15, 0.2) is 12.2 Å². The number of unbranched alkanes of at least 4 members (excludes halogenated alkanes) is 12. The van der Waals surface area contributed by atoms with Gasteiger partial charge in [0.2, 0.25) is 0 Å². The van der Waals surface area contributed by atoms with E-state index >= 15 is 0 Å². The Morgan fingerprint density at radius 2 is 1.27 bits per heavy atom. The van der Waals surface area contributed by atoms with Crippen molar-refractivity contribution >= 4 is 0 Å². The van der Waals surface area contributed by atoms with Crippen molar-refractivity contribution in [3.8, 4) is 0 Å². The Balaban J connectivity index is 3.19. The molecule has 0 aromatic rings. The average molecular weight is 314 g/mol. The Morgan fingerprint density at radius 3 is 1.73 bits per heavy atom. The van der Waals surface area contributed by atoms with Crippen LogP contribution in [0.5, 0.6) is 0 Å². The lowest BCUT2D eigenvalue weighted by molar-refractivity contribution is 0.144. The molecule has 0 aliphatic rings. The number of aliphatic hydroxyl groups is 2. The number of aliphatic hydroxyl groups excluding tert-OH is 2. The summed E-state index contributed by atoms with van der Waals surface area (Å²) in [5, 5.41) is 18.3. The van der Waals surface area contributed by atoms with E-state index < -0.39 is 12.1 Å². The maximum absolute atomic E-state index is 9.54. The van der Waals surface area contributed by atoms with Crippen LogP contribution in [0.4, 0.5) is 0 Å². The van der Waals surface area contributed by atoms with Gasteiger partial charge in [0.1, 0.15) is 0 Å². The third-order valence-electron chi connectivity index (χ3n) is 4.21. The van der Waals surface area contributed by atoms with Crippen molar-refractivity contribution in [1.29, 1.82) is 0 Å². The first-order valence-electron chi connectivity index (χ1n) is 9.43. The summed E-state index contributed by atoms with van der Waals surface area (Å²) in [6, 6.07) is -0.557. The van der Waals surface area contributed by atoms with Gasteiger partial charge in [-0.3, -0.25) is 0 Å². The second-order valence-electron chi connectivity index (χ2n) is 6.44. The third-order valence-corrected chi connectivity index (χ3v) is 4.21. The Labute approximate surface area is 138 Å². The molecule has 132 valence electrons. The Bertz CT molecular complexity index is 244. The van der Waals surface area contributed by atoms with Crippen LogP contribution in [0.3, 0.4) is 0 Å². The predicted molar refractivity (Wildman–Crippen MR) is 95.9 cm³/mol. The van der Waals surface area contributed by atoms with Crippen molar-refractivity contribution in [2.24, 2.45) is 5.73 Å². The highest BCUT2D eigenvalue weighted by Gasteiger charge is 2.08. The maximum Gasteiger partial charge on any atom is 0.0894 e. The summed E-state index contributed by atoms with van der Waals surface area (Å²) in [7, 11) is 0. The molecule has 0 fully saturated rings. The van der Waals surface area contributed by atoms with Gasteiger partial charge in [0.05, 0.1) is 18.8 Å². The van der Waals surface area contributed by atoms with E-state index in [9.17, 15) is 5.11 Å². The summed E-state index contributed by atoms with van der Waals surface area (Å²) in [6.07, 6.45) is 20.3. The van der Waals surface area contributed by atoms with E-state index in [-0.39, 0.29) is 6.61 Å². The fourth-order valence-corrected chi connectivity index (χ4v) is 2.59. The summed E-state index contributed by atoms with van der Waals surface area (Å²) in [6.45, 7) is 2.09. The number of hydrogen-bond donors (Lipinski definition) is 3. The smallest absolute Gasteiger partial charge is 0.0894 e. The molecule has 0 rings (SSSR count). The van der Waals surface area contributed by atoms with Crippen LogP contribution in [0.1, 0.15) is 90.4 Å². The fraction of sp³-hybridized carbons (Fsp3) is 0.895. The Hall–Kier alpha value is -0.380. The molecule has 0 heterocycles. The SMILES string of the molecule is CCCCCCCCCCCCCCC=CC(O)C(N)CO. The standard InChI is InChI=1S/C19H39NO2/c1-2-3-4-5-6-7-8-9-10-11-12-13-14-15-16-19(22)18(20)17-21/h15-16,18-19,21-22H,2-14,17,20H2,1H3. The first-order valence-corrected chi connectivity index (χ1v) is 9.43. The number of hydrogen-bond acceptors (Lipinski definition) is 3. The van der Waals surface area contributed by atoms with Gasteiger partial charge >= 0.3 is 0 Å². The van der Waals surface area contributed by atoms with Gasteiger partial charge in [-0.1, -0.05) is 89.7 Å². The largest absolute Gasteiger partial charge is 0.395 e. The monoisotopic (exact) mass is 313 g/mol. The molecule has 2 atom stereocenters. The molecule has 3 heteroatoms. The molecule has 0 amide bonds. The zero-order valence-corrected chi connectivity index (χ0v) is 14.7. The van der Waals surface area contributed by atoms with E-state index in [1.54, 1.807) is 6.08 Å². The maximum atomic E-state index is 9.54. The summed E-state index contributed by atoms with van der Waals surface area (Å²) in [5.41, 5.74) is 5.52. The van der Waals surface area contributed by atoms with Gasteiger partial charge in [-0.15, -0.1) is 0 Å². The topological polar surface area (TPSA) is 66.5 Å². The predicted octanol–water partition coefficient (Wildman–Crippen LogP) is 4.31. The summed E-state index contributed by atoms with van der Waals surface area (Å²) >= 11 is 0. The van der Waals surface area contributed by atoms with E-state index in [2.05, 4.69) is 6.92 Å². The first-order chi connectivity index (χ1) is 10.7. The van der Waals surface area contributed by atoms with Crippen molar-refractivity contribution in [3.05, 3.63) is 12.2 Å². The highest BCUT2D eigenvalue weighted by atomic mass is 16.3. The summed E-state index contributed by atoms with van der Waals surface area (Å²) in [4.78, 5) is 0. The number of allylic oxidation sites excluding steroid dienone is 1. The summed E-state index contributed by atoms with van der Waals surface area (Å²) in [5.74, 6) is 0. The Kier molecular flexibility index (Phi) is 16.7. The lowest BCUT2D eigenvalue weighted by atomic mass is 10.0. The van der Waals surface area contributed by atoms with E-state index in [4.69, 9.17) is 10.8 Å². The zero-order chi connectivity index (χ0) is 16.5. The average Bonchev–Trinajstić information content (AvgIpc) is 2.54. The molecule has 0 spiro atoms. The minimum absolute atomic E-state index is 0.176. The first kappa shape index (κ1) is 21.6. The van der Waals surface area contributed by atoms with E-state index in [0.717, 1.165) is 6.42 Å². The molecule has 0 saturated carbocycles. The molecule has 0 aliphatic carbocycles. The minimum atomic E-state index is -0.720. The van der Waals surface area contributed by atoms with Crippen LogP contribution in [-0.2, 0) is 0 Å². The second kappa shape index (κ2) is 17.0. The normalized spacial score (nSPS) is 14.5. The Morgan fingerprint density at radius 1 is 0.818 bits per heavy atom. The van der Waals surface area contributed by atoms with Crippen molar-refractivity contribution in [2.45, 2.75) is 103 Å². The van der Waals surface area contributed by atoms with Gasteiger partial charge < -0.3 is 15.9 Å². The molecule has 22 heavy (non-hydrogen) atoms. The van der Waals surface area contributed by atoms with E-state index in [1.807, 2.05) is 6.08 Å². The lowest BCUT2D eigenvalue weighted by Gasteiger charge is -2.11. The molecule has 0 aromatic heterocycles. The molecule has 3 nitrogen and oxygen atoms in total. The second-order valence-corrected chi connectivity index (χ2v) is 6.44. The third kappa shape index (κ3) is 14.6. The molecule has 0 saturated heterocycles. The van der Waals surface area contributed by atoms with Crippen LogP contribution < -0.4 is 5.73 Å². The molecular formula is C19H39NO2. The number of nitrogens with two attached hydrogens (primary N) is 1. The molecule has 0 radical (unpaired) electrons. The highest BCUT2D eigenvalue weighted by Crippen LogP contribution is 2.12. The zero-order valence-electron chi connectivity index (χ0n) is 14.7.